The summed E-state index contributed by atoms with van der Waals surface area (Å²) in [5, 5.41) is 12.4. The molecule has 1 aliphatic heterocycles. The largest absolute Gasteiger partial charge is 0.477 e. The van der Waals surface area contributed by atoms with Crippen molar-refractivity contribution in [1.29, 1.82) is 0 Å². The first-order valence-electron chi connectivity index (χ1n) is 7.27. The van der Waals surface area contributed by atoms with Crippen molar-refractivity contribution in [3.05, 3.63) is 54.1 Å². The third-order valence-corrected chi connectivity index (χ3v) is 6.50. The molecule has 1 aliphatic rings. The number of aryl methyl sites for hydroxylation is 1. The van der Waals surface area contributed by atoms with E-state index in [2.05, 4.69) is 5.16 Å². The first-order chi connectivity index (χ1) is 12.5. The number of halogens is 6. The number of carbonyl (C=O) groups is 1. The van der Waals surface area contributed by atoms with Gasteiger partial charge in [0.05, 0.1) is 26.4 Å². The number of oxime groups is 1. The number of carboxylic acids is 1. The Hall–Kier alpha value is -1.48. The molecule has 1 aromatic carbocycles. The Morgan fingerprint density at radius 3 is 2.33 bits per heavy atom. The van der Waals surface area contributed by atoms with Crippen LogP contribution >= 0.6 is 46.1 Å². The monoisotopic (exact) mass is 457 g/mol. The Morgan fingerprint density at radius 1 is 1.26 bits per heavy atom. The fraction of sp³-hybridized carbons (Fsp3) is 0.250. The molecule has 0 saturated carbocycles. The van der Waals surface area contributed by atoms with Gasteiger partial charge in [-0.2, -0.15) is 13.2 Å². The van der Waals surface area contributed by atoms with Crippen LogP contribution in [-0.2, 0) is 10.4 Å². The maximum atomic E-state index is 14.0. The SMILES string of the molecule is Cc1cc(C2=NO[C@@](c3cc(Cl)c(Cl)c(Cl)c3)(C(F)(F)F)C2)sc1C(=O)O. The molecule has 0 amide bonds. The zero-order valence-corrected chi connectivity index (χ0v) is 16.4. The van der Waals surface area contributed by atoms with E-state index in [1.165, 1.54) is 6.07 Å². The van der Waals surface area contributed by atoms with Crippen LogP contribution in [0.5, 0.6) is 0 Å². The van der Waals surface area contributed by atoms with Gasteiger partial charge in [0, 0.05) is 5.56 Å². The third-order valence-electron chi connectivity index (χ3n) is 4.03. The van der Waals surface area contributed by atoms with E-state index in [0.29, 0.717) is 5.56 Å². The Balaban J connectivity index is 2.06. The lowest BCUT2D eigenvalue weighted by Gasteiger charge is -2.29. The number of carboxylic acid groups (broad SMARTS) is 1. The van der Waals surface area contributed by atoms with E-state index in [1.807, 2.05) is 0 Å². The maximum absolute atomic E-state index is 14.0. The van der Waals surface area contributed by atoms with Crippen LogP contribution in [0.3, 0.4) is 0 Å². The van der Waals surface area contributed by atoms with E-state index in [9.17, 15) is 18.0 Å². The molecule has 11 heteroatoms. The highest BCUT2D eigenvalue weighted by molar-refractivity contribution is 7.16. The molecule has 0 radical (unpaired) electrons. The van der Waals surface area contributed by atoms with Crippen LogP contribution in [0.25, 0.3) is 0 Å². The molecule has 2 heterocycles. The predicted molar refractivity (Wildman–Crippen MR) is 97.5 cm³/mol. The van der Waals surface area contributed by atoms with Gasteiger partial charge in [0.2, 0.25) is 0 Å². The summed E-state index contributed by atoms with van der Waals surface area (Å²) >= 11 is 18.4. The van der Waals surface area contributed by atoms with Crippen molar-refractivity contribution in [2.75, 3.05) is 0 Å². The Labute approximate surface area is 170 Å². The molecule has 1 N–H and O–H groups in total. The van der Waals surface area contributed by atoms with E-state index in [1.54, 1.807) is 6.92 Å². The highest BCUT2D eigenvalue weighted by Crippen LogP contribution is 2.51. The fourth-order valence-electron chi connectivity index (χ4n) is 2.66. The van der Waals surface area contributed by atoms with Gasteiger partial charge in [-0.05, 0) is 30.7 Å². The van der Waals surface area contributed by atoms with Crippen LogP contribution in [0.1, 0.15) is 32.1 Å². The van der Waals surface area contributed by atoms with Gasteiger partial charge in [-0.15, -0.1) is 11.3 Å². The second kappa shape index (κ2) is 6.84. The minimum atomic E-state index is -4.85. The van der Waals surface area contributed by atoms with Crippen molar-refractivity contribution in [3.8, 4) is 0 Å². The van der Waals surface area contributed by atoms with E-state index in [4.69, 9.17) is 44.7 Å². The standard InChI is InChI=1S/C16H9Cl3F3NO3S/c1-6-2-11(27-13(6)14(24)25)10-5-15(26-23-10,16(20,21)22)7-3-8(17)12(19)9(18)4-7/h2-4H,5H2,1H3,(H,24,25)/t15-/m0/s1. The summed E-state index contributed by atoms with van der Waals surface area (Å²) in [6.07, 6.45) is -5.51. The van der Waals surface area contributed by atoms with E-state index in [-0.39, 0.29) is 36.1 Å². The second-order valence-corrected chi connectivity index (χ2v) is 8.06. The predicted octanol–water partition coefficient (Wildman–Crippen LogP) is 6.30. The van der Waals surface area contributed by atoms with Crippen molar-refractivity contribution in [3.63, 3.8) is 0 Å². The summed E-state index contributed by atoms with van der Waals surface area (Å²) < 4.78 is 41.9. The Bertz CT molecular complexity index is 951. The molecule has 2 aromatic rings. The highest BCUT2D eigenvalue weighted by atomic mass is 35.5. The summed E-state index contributed by atoms with van der Waals surface area (Å²) in [7, 11) is 0. The third kappa shape index (κ3) is 3.40. The van der Waals surface area contributed by atoms with Gasteiger partial charge in [-0.3, -0.25) is 0 Å². The molecule has 3 rings (SSSR count). The van der Waals surface area contributed by atoms with E-state index < -0.39 is 24.2 Å². The Kier molecular flexibility index (Phi) is 5.14. The fourth-order valence-corrected chi connectivity index (χ4v) is 4.25. The number of aromatic carboxylic acids is 1. The minimum Gasteiger partial charge on any atom is -0.477 e. The van der Waals surface area contributed by atoms with E-state index in [0.717, 1.165) is 23.5 Å². The van der Waals surface area contributed by atoms with Gasteiger partial charge >= 0.3 is 12.1 Å². The lowest BCUT2D eigenvalue weighted by atomic mass is 9.88. The van der Waals surface area contributed by atoms with Crippen molar-refractivity contribution in [2.45, 2.75) is 25.1 Å². The van der Waals surface area contributed by atoms with Gasteiger partial charge in [0.15, 0.2) is 0 Å². The molecular weight excluding hydrogens is 450 g/mol. The summed E-state index contributed by atoms with van der Waals surface area (Å²) in [5.74, 6) is -1.17. The first-order valence-corrected chi connectivity index (χ1v) is 9.22. The average Bonchev–Trinajstić information content (AvgIpc) is 3.16. The quantitative estimate of drug-likeness (QED) is 0.549. The average molecular weight is 459 g/mol. The van der Waals surface area contributed by atoms with Crippen LogP contribution in [-0.4, -0.2) is 23.0 Å². The van der Waals surface area contributed by atoms with Crippen LogP contribution in [0, 0.1) is 6.92 Å². The summed E-state index contributed by atoms with van der Waals surface area (Å²) in [6, 6.07) is 3.53. The minimum absolute atomic E-state index is 0.0184. The molecule has 27 heavy (non-hydrogen) atoms. The molecule has 1 atom stereocenters. The number of hydrogen-bond donors (Lipinski definition) is 1. The zero-order valence-electron chi connectivity index (χ0n) is 13.3. The van der Waals surface area contributed by atoms with Crippen LogP contribution in [0.4, 0.5) is 13.2 Å². The van der Waals surface area contributed by atoms with Crippen molar-refractivity contribution in [2.24, 2.45) is 5.16 Å². The summed E-state index contributed by atoms with van der Waals surface area (Å²) in [6.45, 7) is 1.55. The number of rotatable bonds is 3. The number of benzene rings is 1. The molecule has 4 nitrogen and oxygen atoms in total. The first kappa shape index (κ1) is 20.3. The molecule has 0 aliphatic carbocycles. The number of thiophene rings is 1. The molecule has 0 saturated heterocycles. The second-order valence-electron chi connectivity index (χ2n) is 5.81. The maximum Gasteiger partial charge on any atom is 0.435 e. The molecule has 1 aromatic heterocycles. The topological polar surface area (TPSA) is 58.9 Å². The smallest absolute Gasteiger partial charge is 0.435 e. The van der Waals surface area contributed by atoms with Crippen molar-refractivity contribution < 1.29 is 27.9 Å². The molecule has 0 unspecified atom stereocenters. The number of hydrogen-bond acceptors (Lipinski definition) is 4. The van der Waals surface area contributed by atoms with Gasteiger partial charge in [-0.1, -0.05) is 40.0 Å². The van der Waals surface area contributed by atoms with Crippen molar-refractivity contribution in [1.82, 2.24) is 0 Å². The van der Waals surface area contributed by atoms with Gasteiger partial charge in [-0.25, -0.2) is 4.79 Å². The lowest BCUT2D eigenvalue weighted by Crippen LogP contribution is -2.42. The van der Waals surface area contributed by atoms with Gasteiger partial charge in [0.1, 0.15) is 10.6 Å². The molecule has 0 bridgehead atoms. The van der Waals surface area contributed by atoms with Gasteiger partial charge in [0.25, 0.3) is 5.60 Å². The van der Waals surface area contributed by atoms with Crippen LogP contribution < -0.4 is 0 Å². The van der Waals surface area contributed by atoms with E-state index >= 15 is 0 Å². The molecular formula is C16H9Cl3F3NO3S. The lowest BCUT2D eigenvalue weighted by molar-refractivity contribution is -0.275. The van der Waals surface area contributed by atoms with Crippen LogP contribution in [0.15, 0.2) is 23.4 Å². The van der Waals surface area contributed by atoms with Gasteiger partial charge < -0.3 is 9.94 Å². The normalized spacial score (nSPS) is 19.7. The van der Waals surface area contributed by atoms with Crippen LogP contribution in [0.2, 0.25) is 15.1 Å². The molecule has 144 valence electrons. The number of alkyl halides is 3. The summed E-state index contributed by atoms with van der Waals surface area (Å²) in [5.41, 5.74) is -2.75. The number of nitrogens with zero attached hydrogens (tertiary/aromatic N) is 1. The Morgan fingerprint density at radius 2 is 1.85 bits per heavy atom. The zero-order chi connectivity index (χ0) is 20.1. The molecule has 0 spiro atoms. The molecule has 0 fully saturated rings. The highest BCUT2D eigenvalue weighted by Gasteiger charge is 2.62. The summed E-state index contributed by atoms with van der Waals surface area (Å²) in [4.78, 5) is 16.4. The van der Waals surface area contributed by atoms with Crippen molar-refractivity contribution >= 4 is 57.8 Å².